The summed E-state index contributed by atoms with van der Waals surface area (Å²) in [4.78, 5) is 11.0. The Labute approximate surface area is 232 Å². The van der Waals surface area contributed by atoms with Gasteiger partial charge in [-0.15, -0.1) is 0 Å². The van der Waals surface area contributed by atoms with Gasteiger partial charge < -0.3 is 23.7 Å². The van der Waals surface area contributed by atoms with Crippen LogP contribution in [0.5, 0.6) is 17.2 Å². The molecule has 0 fully saturated rings. The summed E-state index contributed by atoms with van der Waals surface area (Å²) in [5.74, 6) is 3.75. The van der Waals surface area contributed by atoms with Crippen LogP contribution >= 0.6 is 11.8 Å². The molecule has 0 saturated heterocycles. The lowest BCUT2D eigenvalue weighted by Crippen LogP contribution is -2.40. The average molecular weight is 545 g/mol. The number of benzene rings is 2. The van der Waals surface area contributed by atoms with Crippen LogP contribution in [0.3, 0.4) is 0 Å². The van der Waals surface area contributed by atoms with Gasteiger partial charge in [0, 0.05) is 44.3 Å². The average Bonchev–Trinajstić information content (AvgIpc) is 2.92. The van der Waals surface area contributed by atoms with Crippen molar-refractivity contribution in [1.29, 1.82) is 0 Å². The minimum absolute atomic E-state index is 0.157. The highest BCUT2D eigenvalue weighted by molar-refractivity contribution is 8.13. The molecule has 0 radical (unpaired) electrons. The Morgan fingerprint density at radius 1 is 0.895 bits per heavy atom. The Bertz CT molecular complexity index is 979. The van der Waals surface area contributed by atoms with Gasteiger partial charge in [-0.25, -0.2) is 0 Å². The predicted octanol–water partition coefficient (Wildman–Crippen LogP) is 7.49. The topological polar surface area (TPSA) is 63.2 Å². The smallest absolute Gasteiger partial charge is 0.188 e. The number of thioether (sulfide) groups is 1. The second kappa shape index (κ2) is 16.0. The molecule has 7 heteroatoms. The van der Waals surface area contributed by atoms with Crippen molar-refractivity contribution in [3.05, 3.63) is 53.6 Å². The first-order chi connectivity index (χ1) is 18.5. The molecule has 0 aromatic heterocycles. The molecule has 0 spiro atoms. The third-order valence-electron chi connectivity index (χ3n) is 7.30. The monoisotopic (exact) mass is 544 g/mol. The van der Waals surface area contributed by atoms with E-state index in [1.54, 1.807) is 21.1 Å². The van der Waals surface area contributed by atoms with Crippen molar-refractivity contribution in [3.63, 3.8) is 0 Å². The lowest BCUT2D eigenvalue weighted by Gasteiger charge is -2.43. The molecule has 3 rings (SSSR count). The number of unbranched alkanes of at least 4 members (excludes halogenated alkanes) is 6. The third kappa shape index (κ3) is 8.92. The molecule has 2 atom stereocenters. The van der Waals surface area contributed by atoms with E-state index in [-0.39, 0.29) is 24.1 Å². The van der Waals surface area contributed by atoms with Crippen LogP contribution in [-0.4, -0.2) is 45.3 Å². The van der Waals surface area contributed by atoms with Gasteiger partial charge in [0.15, 0.2) is 18.7 Å². The Kier molecular flexibility index (Phi) is 12.8. The summed E-state index contributed by atoms with van der Waals surface area (Å²) in [6.07, 6.45) is 9.61. The molecule has 0 N–H and O–H groups in total. The highest BCUT2D eigenvalue weighted by Crippen LogP contribution is 2.50. The molecule has 2 unspecified atom stereocenters. The Hall–Kier alpha value is -2.22. The fourth-order valence-corrected chi connectivity index (χ4v) is 5.82. The van der Waals surface area contributed by atoms with Gasteiger partial charge in [0.2, 0.25) is 0 Å². The van der Waals surface area contributed by atoms with Gasteiger partial charge >= 0.3 is 0 Å². The van der Waals surface area contributed by atoms with E-state index in [0.717, 1.165) is 35.8 Å². The fraction of sp³-hybridized carbons (Fsp3) is 0.581. The summed E-state index contributed by atoms with van der Waals surface area (Å²) >= 11 is 1.44. The zero-order valence-corrected chi connectivity index (χ0v) is 24.3. The first kappa shape index (κ1) is 30.3. The van der Waals surface area contributed by atoms with Gasteiger partial charge in [-0.3, -0.25) is 4.79 Å². The minimum Gasteiger partial charge on any atom is -0.492 e. The molecular weight excluding hydrogens is 500 g/mol. The van der Waals surface area contributed by atoms with Crippen molar-refractivity contribution in [2.45, 2.75) is 76.5 Å². The standard InChI is InChI=1S/C31H44O6S/c1-24(32)38-19-11-9-7-5-6-8-10-12-29-28-18-17-27(37-23-34-4)20-30(28)35-21-31(29,2)25-13-15-26(16-14-25)36-22-33-3/h13-18,20,29H,5-12,19,21-23H2,1-4H3. The van der Waals surface area contributed by atoms with E-state index in [1.165, 1.54) is 61.4 Å². The first-order valence-electron chi connectivity index (χ1n) is 13.7. The zero-order valence-electron chi connectivity index (χ0n) is 23.5. The molecule has 0 amide bonds. The highest BCUT2D eigenvalue weighted by Gasteiger charge is 2.42. The molecule has 38 heavy (non-hydrogen) atoms. The van der Waals surface area contributed by atoms with Crippen LogP contribution in [0.1, 0.15) is 82.3 Å². The van der Waals surface area contributed by atoms with Crippen LogP contribution in [0.2, 0.25) is 0 Å². The molecule has 1 heterocycles. The largest absolute Gasteiger partial charge is 0.492 e. The minimum atomic E-state index is -0.157. The van der Waals surface area contributed by atoms with E-state index in [1.807, 2.05) is 24.3 Å². The maximum atomic E-state index is 11.0. The van der Waals surface area contributed by atoms with Crippen LogP contribution < -0.4 is 14.2 Å². The van der Waals surface area contributed by atoms with Gasteiger partial charge in [0.05, 0.1) is 6.61 Å². The van der Waals surface area contributed by atoms with Gasteiger partial charge in [-0.05, 0) is 42.2 Å². The van der Waals surface area contributed by atoms with Gasteiger partial charge in [-0.1, -0.05) is 75.4 Å². The van der Waals surface area contributed by atoms with Crippen LogP contribution in [0.15, 0.2) is 42.5 Å². The summed E-state index contributed by atoms with van der Waals surface area (Å²) in [6, 6.07) is 14.5. The first-order valence-corrected chi connectivity index (χ1v) is 14.7. The number of hydrogen-bond donors (Lipinski definition) is 0. The molecule has 0 aliphatic carbocycles. The van der Waals surface area contributed by atoms with E-state index in [4.69, 9.17) is 23.7 Å². The zero-order chi connectivity index (χ0) is 27.2. The van der Waals surface area contributed by atoms with Crippen LogP contribution in [0.25, 0.3) is 0 Å². The van der Waals surface area contributed by atoms with Gasteiger partial charge in [-0.2, -0.15) is 0 Å². The number of methoxy groups -OCH3 is 2. The summed E-state index contributed by atoms with van der Waals surface area (Å²) in [6.45, 7) is 5.02. The van der Waals surface area contributed by atoms with E-state index in [9.17, 15) is 4.79 Å². The molecule has 1 aliphatic heterocycles. The Morgan fingerprint density at radius 2 is 1.50 bits per heavy atom. The van der Waals surface area contributed by atoms with Crippen molar-refractivity contribution < 1.29 is 28.5 Å². The number of carbonyl (C=O) groups excluding carboxylic acids is 1. The number of rotatable bonds is 17. The summed E-state index contributed by atoms with van der Waals surface area (Å²) in [7, 11) is 3.24. The second-order valence-corrected chi connectivity index (χ2v) is 11.5. The Balaban J connectivity index is 1.64. The van der Waals surface area contributed by atoms with Crippen LogP contribution in [0, 0.1) is 0 Å². The second-order valence-electron chi connectivity index (χ2n) is 10.2. The molecule has 0 saturated carbocycles. The lowest BCUT2D eigenvalue weighted by molar-refractivity contribution is -0.109. The van der Waals surface area contributed by atoms with Crippen molar-refractivity contribution in [2.24, 2.45) is 0 Å². The fourth-order valence-electron chi connectivity index (χ4n) is 5.18. The van der Waals surface area contributed by atoms with Crippen molar-refractivity contribution in [1.82, 2.24) is 0 Å². The third-order valence-corrected chi connectivity index (χ3v) is 8.20. The molecule has 6 nitrogen and oxygen atoms in total. The number of hydrogen-bond acceptors (Lipinski definition) is 7. The van der Waals surface area contributed by atoms with Crippen molar-refractivity contribution in [3.8, 4) is 17.2 Å². The number of carbonyl (C=O) groups is 1. The van der Waals surface area contributed by atoms with Gasteiger partial charge in [0.1, 0.15) is 17.2 Å². The van der Waals surface area contributed by atoms with Crippen LogP contribution in [0.4, 0.5) is 0 Å². The number of ether oxygens (including phenoxy) is 5. The van der Waals surface area contributed by atoms with E-state index < -0.39 is 0 Å². The maximum Gasteiger partial charge on any atom is 0.188 e. The van der Waals surface area contributed by atoms with Gasteiger partial charge in [0.25, 0.3) is 0 Å². The predicted molar refractivity (Wildman–Crippen MR) is 154 cm³/mol. The lowest BCUT2D eigenvalue weighted by atomic mass is 9.66. The van der Waals surface area contributed by atoms with Crippen molar-refractivity contribution >= 4 is 16.9 Å². The van der Waals surface area contributed by atoms with Crippen LogP contribution in [-0.2, 0) is 19.7 Å². The maximum absolute atomic E-state index is 11.0. The normalized spacial score (nSPS) is 18.5. The quantitative estimate of drug-likeness (QED) is 0.151. The highest BCUT2D eigenvalue weighted by atomic mass is 32.2. The SMILES string of the molecule is COCOc1ccc(C2(C)COc3cc(OCOC)ccc3C2CCCCCCCCCSC(C)=O)cc1. The molecule has 0 bridgehead atoms. The van der Waals surface area contributed by atoms with E-state index >= 15 is 0 Å². The molecular formula is C31H44O6S. The summed E-state index contributed by atoms with van der Waals surface area (Å²) < 4.78 is 27.7. The van der Waals surface area contributed by atoms with Crippen molar-refractivity contribution in [2.75, 3.05) is 40.2 Å². The van der Waals surface area contributed by atoms with E-state index in [0.29, 0.717) is 12.5 Å². The van der Waals surface area contributed by atoms with E-state index in [2.05, 4.69) is 25.1 Å². The Morgan fingerprint density at radius 3 is 2.16 bits per heavy atom. The molecule has 2 aromatic rings. The molecule has 1 aliphatic rings. The molecule has 210 valence electrons. The summed E-state index contributed by atoms with van der Waals surface area (Å²) in [5.41, 5.74) is 2.34. The summed E-state index contributed by atoms with van der Waals surface area (Å²) in [5, 5.41) is 0.223. The molecule has 2 aromatic carbocycles. The number of fused-ring (bicyclic) bond motifs is 1.